The van der Waals surface area contributed by atoms with Gasteiger partial charge in [-0.2, -0.15) is 0 Å². The van der Waals surface area contributed by atoms with Gasteiger partial charge in [0.25, 0.3) is 0 Å². The second-order valence-electron chi connectivity index (χ2n) is 4.12. The van der Waals surface area contributed by atoms with Crippen molar-refractivity contribution in [3.05, 3.63) is 26.8 Å². The quantitative estimate of drug-likeness (QED) is 0.796. The average Bonchev–Trinajstić information content (AvgIpc) is 3.00. The topological polar surface area (TPSA) is 12.0 Å². The van der Waals surface area contributed by atoms with Crippen LogP contribution in [0.2, 0.25) is 5.02 Å². The number of nitrogens with one attached hydrogen (secondary N) is 1. The standard InChI is InChI=1S/C12H15ClIN/c1-2-11(8-3-4-8)15-12-6-5-9(13)7-10(12)14/h5-8,11,15H,2-4H2,1H3. The summed E-state index contributed by atoms with van der Waals surface area (Å²) in [4.78, 5) is 0. The molecule has 15 heavy (non-hydrogen) atoms. The van der Waals surface area contributed by atoms with Gasteiger partial charge in [-0.05, 0) is 66.0 Å². The van der Waals surface area contributed by atoms with E-state index in [1.54, 1.807) is 0 Å². The minimum absolute atomic E-state index is 0.639. The van der Waals surface area contributed by atoms with Crippen LogP contribution < -0.4 is 5.32 Å². The summed E-state index contributed by atoms with van der Waals surface area (Å²) in [6.07, 6.45) is 3.97. The van der Waals surface area contributed by atoms with Crippen molar-refractivity contribution in [2.45, 2.75) is 32.2 Å². The highest BCUT2D eigenvalue weighted by atomic mass is 127. The molecule has 3 heteroatoms. The van der Waals surface area contributed by atoms with Gasteiger partial charge in [0, 0.05) is 20.3 Å². The molecule has 0 amide bonds. The van der Waals surface area contributed by atoms with Gasteiger partial charge in [-0.25, -0.2) is 0 Å². The molecule has 1 fully saturated rings. The molecule has 1 aromatic carbocycles. The Kier molecular flexibility index (Phi) is 3.78. The summed E-state index contributed by atoms with van der Waals surface area (Å²) in [5.41, 5.74) is 1.22. The predicted molar refractivity (Wildman–Crippen MR) is 74.6 cm³/mol. The molecule has 1 aliphatic rings. The molecule has 0 saturated heterocycles. The lowest BCUT2D eigenvalue weighted by atomic mass is 10.1. The van der Waals surface area contributed by atoms with E-state index < -0.39 is 0 Å². The maximum atomic E-state index is 5.93. The van der Waals surface area contributed by atoms with Gasteiger partial charge in [0.1, 0.15) is 0 Å². The Bertz CT molecular complexity index is 349. The van der Waals surface area contributed by atoms with Gasteiger partial charge in [-0.3, -0.25) is 0 Å². The van der Waals surface area contributed by atoms with E-state index in [4.69, 9.17) is 11.6 Å². The van der Waals surface area contributed by atoms with Crippen LogP contribution in [-0.2, 0) is 0 Å². The highest BCUT2D eigenvalue weighted by Gasteiger charge is 2.29. The summed E-state index contributed by atoms with van der Waals surface area (Å²) >= 11 is 8.26. The number of anilines is 1. The van der Waals surface area contributed by atoms with Crippen molar-refractivity contribution in [2.75, 3.05) is 5.32 Å². The third-order valence-corrected chi connectivity index (χ3v) is 4.03. The van der Waals surface area contributed by atoms with Crippen molar-refractivity contribution in [3.8, 4) is 0 Å². The van der Waals surface area contributed by atoms with Crippen LogP contribution in [0.1, 0.15) is 26.2 Å². The van der Waals surface area contributed by atoms with Gasteiger partial charge < -0.3 is 5.32 Å². The summed E-state index contributed by atoms with van der Waals surface area (Å²) in [7, 11) is 0. The summed E-state index contributed by atoms with van der Waals surface area (Å²) < 4.78 is 1.21. The third-order valence-electron chi connectivity index (χ3n) is 2.90. The van der Waals surface area contributed by atoms with E-state index >= 15 is 0 Å². The summed E-state index contributed by atoms with van der Waals surface area (Å²) in [6.45, 7) is 2.25. The van der Waals surface area contributed by atoms with Crippen molar-refractivity contribution in [1.29, 1.82) is 0 Å². The summed E-state index contributed by atoms with van der Waals surface area (Å²) in [6, 6.07) is 6.67. The smallest absolute Gasteiger partial charge is 0.0479 e. The van der Waals surface area contributed by atoms with Crippen LogP contribution in [0.25, 0.3) is 0 Å². The van der Waals surface area contributed by atoms with Crippen LogP contribution in [0.4, 0.5) is 5.69 Å². The van der Waals surface area contributed by atoms with Gasteiger partial charge in [-0.1, -0.05) is 18.5 Å². The Labute approximate surface area is 110 Å². The van der Waals surface area contributed by atoms with Crippen LogP contribution in [0.5, 0.6) is 0 Å². The molecule has 0 bridgehead atoms. The Balaban J connectivity index is 2.08. The van der Waals surface area contributed by atoms with Crippen LogP contribution in [-0.4, -0.2) is 6.04 Å². The first-order valence-corrected chi connectivity index (χ1v) is 6.88. The number of rotatable bonds is 4. The zero-order chi connectivity index (χ0) is 10.8. The fraction of sp³-hybridized carbons (Fsp3) is 0.500. The van der Waals surface area contributed by atoms with Crippen molar-refractivity contribution < 1.29 is 0 Å². The second kappa shape index (κ2) is 4.91. The molecule has 1 N–H and O–H groups in total. The van der Waals surface area contributed by atoms with Crippen LogP contribution in [0, 0.1) is 9.49 Å². The first kappa shape index (κ1) is 11.5. The zero-order valence-electron chi connectivity index (χ0n) is 8.76. The molecule has 0 aromatic heterocycles. The summed E-state index contributed by atoms with van der Waals surface area (Å²) in [5, 5.41) is 4.43. The molecule has 0 heterocycles. The van der Waals surface area contributed by atoms with E-state index in [1.807, 2.05) is 12.1 Å². The number of benzene rings is 1. The molecule has 1 aliphatic carbocycles. The summed E-state index contributed by atoms with van der Waals surface area (Å²) in [5.74, 6) is 0.890. The highest BCUT2D eigenvalue weighted by molar-refractivity contribution is 14.1. The molecule has 0 radical (unpaired) electrons. The number of hydrogen-bond acceptors (Lipinski definition) is 1. The third kappa shape index (κ3) is 3.00. The number of hydrogen-bond donors (Lipinski definition) is 1. The number of halogens is 2. The monoisotopic (exact) mass is 335 g/mol. The van der Waals surface area contributed by atoms with E-state index in [2.05, 4.69) is 40.9 Å². The van der Waals surface area contributed by atoms with E-state index in [1.165, 1.54) is 28.5 Å². The highest BCUT2D eigenvalue weighted by Crippen LogP contribution is 2.36. The minimum atomic E-state index is 0.639. The SMILES string of the molecule is CCC(Nc1ccc(Cl)cc1I)C1CC1. The molecule has 1 unspecified atom stereocenters. The molecule has 0 aliphatic heterocycles. The van der Waals surface area contributed by atoms with E-state index in [0.29, 0.717) is 6.04 Å². The Morgan fingerprint density at radius 1 is 1.53 bits per heavy atom. The molecule has 1 aromatic rings. The molecular weight excluding hydrogens is 320 g/mol. The normalized spacial score (nSPS) is 17.5. The first-order chi connectivity index (χ1) is 7.20. The lowest BCUT2D eigenvalue weighted by Gasteiger charge is -2.18. The Hall–Kier alpha value is 0.0400. The molecule has 1 atom stereocenters. The van der Waals surface area contributed by atoms with Crippen molar-refractivity contribution in [2.24, 2.45) is 5.92 Å². The van der Waals surface area contributed by atoms with Gasteiger partial charge in [0.2, 0.25) is 0 Å². The Morgan fingerprint density at radius 2 is 2.27 bits per heavy atom. The molecule has 2 rings (SSSR count). The largest absolute Gasteiger partial charge is 0.381 e. The van der Waals surface area contributed by atoms with E-state index in [9.17, 15) is 0 Å². The van der Waals surface area contributed by atoms with Gasteiger partial charge in [0.05, 0.1) is 0 Å². The van der Waals surface area contributed by atoms with Crippen molar-refractivity contribution >= 4 is 39.9 Å². The van der Waals surface area contributed by atoms with Gasteiger partial charge in [-0.15, -0.1) is 0 Å². The molecule has 0 spiro atoms. The molecule has 1 nitrogen and oxygen atoms in total. The zero-order valence-corrected chi connectivity index (χ0v) is 11.7. The van der Waals surface area contributed by atoms with Crippen LogP contribution in [0.3, 0.4) is 0 Å². The first-order valence-electron chi connectivity index (χ1n) is 5.42. The predicted octanol–water partition coefficient (Wildman–Crippen LogP) is 4.55. The van der Waals surface area contributed by atoms with Crippen LogP contribution >= 0.6 is 34.2 Å². The second-order valence-corrected chi connectivity index (χ2v) is 5.72. The van der Waals surface area contributed by atoms with E-state index in [-0.39, 0.29) is 0 Å². The molecule has 1 saturated carbocycles. The van der Waals surface area contributed by atoms with Gasteiger partial charge >= 0.3 is 0 Å². The Morgan fingerprint density at radius 3 is 2.80 bits per heavy atom. The molecule has 82 valence electrons. The van der Waals surface area contributed by atoms with Crippen LogP contribution in [0.15, 0.2) is 18.2 Å². The van der Waals surface area contributed by atoms with Crippen molar-refractivity contribution in [1.82, 2.24) is 0 Å². The lowest BCUT2D eigenvalue weighted by Crippen LogP contribution is -2.21. The van der Waals surface area contributed by atoms with E-state index in [0.717, 1.165) is 10.9 Å². The average molecular weight is 336 g/mol. The maximum Gasteiger partial charge on any atom is 0.0479 e. The minimum Gasteiger partial charge on any atom is -0.381 e. The fourth-order valence-electron chi connectivity index (χ4n) is 1.86. The van der Waals surface area contributed by atoms with Gasteiger partial charge in [0.15, 0.2) is 0 Å². The molecular formula is C12H15ClIN. The maximum absolute atomic E-state index is 5.93. The van der Waals surface area contributed by atoms with Crippen molar-refractivity contribution in [3.63, 3.8) is 0 Å². The lowest BCUT2D eigenvalue weighted by molar-refractivity contribution is 0.616. The fourth-order valence-corrected chi connectivity index (χ4v) is 2.89.